The Morgan fingerprint density at radius 1 is 1.21 bits per heavy atom. The van der Waals surface area contributed by atoms with E-state index in [9.17, 15) is 4.79 Å². The van der Waals surface area contributed by atoms with E-state index < -0.39 is 0 Å². The standard InChI is InChI=1S/C13H16N4OS/c1-3-4-11-16-17-13(19-11)15-12(18)14-10-7-5-9(2)6-8-10/h5-8H,3-4H2,1-2H3,(H2,14,15,17,18). The molecule has 0 bridgehead atoms. The topological polar surface area (TPSA) is 66.9 Å². The summed E-state index contributed by atoms with van der Waals surface area (Å²) in [5.41, 5.74) is 1.90. The molecule has 0 atom stereocenters. The van der Waals surface area contributed by atoms with Gasteiger partial charge >= 0.3 is 6.03 Å². The minimum absolute atomic E-state index is 0.303. The molecular formula is C13H16N4OS. The molecule has 1 heterocycles. The number of aryl methyl sites for hydroxylation is 2. The Morgan fingerprint density at radius 3 is 2.63 bits per heavy atom. The molecule has 0 aliphatic carbocycles. The van der Waals surface area contributed by atoms with Gasteiger partial charge < -0.3 is 5.32 Å². The zero-order chi connectivity index (χ0) is 13.7. The third kappa shape index (κ3) is 4.03. The SMILES string of the molecule is CCCc1nnc(NC(=O)Nc2ccc(C)cc2)s1. The van der Waals surface area contributed by atoms with Crippen LogP contribution in [0.1, 0.15) is 23.9 Å². The molecule has 2 N–H and O–H groups in total. The lowest BCUT2D eigenvalue weighted by Gasteiger charge is -2.04. The molecule has 0 saturated heterocycles. The molecule has 1 aromatic heterocycles. The smallest absolute Gasteiger partial charge is 0.308 e. The lowest BCUT2D eigenvalue weighted by atomic mass is 10.2. The van der Waals surface area contributed by atoms with Crippen LogP contribution < -0.4 is 10.6 Å². The summed E-state index contributed by atoms with van der Waals surface area (Å²) < 4.78 is 0. The van der Waals surface area contributed by atoms with E-state index in [1.807, 2.05) is 31.2 Å². The van der Waals surface area contributed by atoms with Gasteiger partial charge in [-0.25, -0.2) is 4.79 Å². The van der Waals surface area contributed by atoms with Crippen molar-refractivity contribution in [2.24, 2.45) is 0 Å². The Balaban J connectivity index is 1.91. The maximum Gasteiger partial charge on any atom is 0.325 e. The molecule has 0 fully saturated rings. The van der Waals surface area contributed by atoms with Gasteiger partial charge in [0.05, 0.1) is 0 Å². The predicted octanol–water partition coefficient (Wildman–Crippen LogP) is 3.44. The highest BCUT2D eigenvalue weighted by Crippen LogP contribution is 2.17. The summed E-state index contributed by atoms with van der Waals surface area (Å²) in [6.45, 7) is 4.08. The largest absolute Gasteiger partial charge is 0.325 e. The predicted molar refractivity (Wildman–Crippen MR) is 77.7 cm³/mol. The number of hydrogen-bond donors (Lipinski definition) is 2. The van der Waals surface area contributed by atoms with Crippen LogP contribution in [0.15, 0.2) is 24.3 Å². The molecule has 0 aliphatic heterocycles. The van der Waals surface area contributed by atoms with Crippen molar-refractivity contribution in [2.45, 2.75) is 26.7 Å². The van der Waals surface area contributed by atoms with E-state index in [1.165, 1.54) is 11.3 Å². The Morgan fingerprint density at radius 2 is 1.95 bits per heavy atom. The van der Waals surface area contributed by atoms with E-state index in [4.69, 9.17) is 0 Å². The number of amides is 2. The number of aromatic nitrogens is 2. The Labute approximate surface area is 116 Å². The number of nitrogens with one attached hydrogen (secondary N) is 2. The molecule has 2 amide bonds. The molecule has 2 aromatic rings. The summed E-state index contributed by atoms with van der Waals surface area (Å²) in [7, 11) is 0. The van der Waals surface area contributed by atoms with Crippen molar-refractivity contribution in [1.82, 2.24) is 10.2 Å². The van der Waals surface area contributed by atoms with Gasteiger partial charge in [-0.05, 0) is 25.5 Å². The first-order chi connectivity index (χ1) is 9.17. The molecular weight excluding hydrogens is 260 g/mol. The average molecular weight is 276 g/mol. The van der Waals surface area contributed by atoms with Crippen LogP contribution >= 0.6 is 11.3 Å². The number of rotatable bonds is 4. The number of carbonyl (C=O) groups is 1. The highest BCUT2D eigenvalue weighted by molar-refractivity contribution is 7.15. The molecule has 0 unspecified atom stereocenters. The zero-order valence-corrected chi connectivity index (χ0v) is 11.8. The second-order valence-electron chi connectivity index (χ2n) is 4.20. The quantitative estimate of drug-likeness (QED) is 0.898. The van der Waals surface area contributed by atoms with Crippen molar-refractivity contribution in [2.75, 3.05) is 10.6 Å². The highest BCUT2D eigenvalue weighted by atomic mass is 32.1. The van der Waals surface area contributed by atoms with Crippen molar-refractivity contribution in [3.05, 3.63) is 34.8 Å². The molecule has 0 spiro atoms. The van der Waals surface area contributed by atoms with Crippen molar-refractivity contribution in [3.63, 3.8) is 0 Å². The second-order valence-corrected chi connectivity index (χ2v) is 5.26. The minimum atomic E-state index is -0.303. The fraction of sp³-hybridized carbons (Fsp3) is 0.308. The zero-order valence-electron chi connectivity index (χ0n) is 10.9. The fourth-order valence-electron chi connectivity index (χ4n) is 1.52. The minimum Gasteiger partial charge on any atom is -0.308 e. The van der Waals surface area contributed by atoms with Crippen LogP contribution in [-0.2, 0) is 6.42 Å². The molecule has 5 nitrogen and oxygen atoms in total. The molecule has 19 heavy (non-hydrogen) atoms. The van der Waals surface area contributed by atoms with Gasteiger partial charge in [0.25, 0.3) is 0 Å². The first-order valence-electron chi connectivity index (χ1n) is 6.14. The van der Waals surface area contributed by atoms with Crippen LogP contribution in [0.3, 0.4) is 0 Å². The van der Waals surface area contributed by atoms with E-state index in [1.54, 1.807) is 0 Å². The monoisotopic (exact) mass is 276 g/mol. The van der Waals surface area contributed by atoms with Crippen LogP contribution in [0.5, 0.6) is 0 Å². The van der Waals surface area contributed by atoms with Gasteiger partial charge in [0.2, 0.25) is 5.13 Å². The second kappa shape index (κ2) is 6.29. The number of urea groups is 1. The Hall–Kier alpha value is -1.95. The molecule has 100 valence electrons. The van der Waals surface area contributed by atoms with Crippen molar-refractivity contribution in [1.29, 1.82) is 0 Å². The lowest BCUT2D eigenvalue weighted by molar-refractivity contribution is 0.262. The number of benzene rings is 1. The summed E-state index contributed by atoms with van der Waals surface area (Å²) in [5.74, 6) is 0. The number of anilines is 2. The van der Waals surface area contributed by atoms with E-state index in [2.05, 4.69) is 27.8 Å². The van der Waals surface area contributed by atoms with Crippen molar-refractivity contribution in [3.8, 4) is 0 Å². The van der Waals surface area contributed by atoms with E-state index in [0.29, 0.717) is 5.13 Å². The maximum atomic E-state index is 11.8. The summed E-state index contributed by atoms with van der Waals surface area (Å²) >= 11 is 1.40. The summed E-state index contributed by atoms with van der Waals surface area (Å²) in [5, 5.41) is 14.8. The first kappa shape index (κ1) is 13.5. The normalized spacial score (nSPS) is 10.2. The van der Waals surface area contributed by atoms with E-state index >= 15 is 0 Å². The van der Waals surface area contributed by atoms with Gasteiger partial charge in [0.15, 0.2) is 0 Å². The van der Waals surface area contributed by atoms with Crippen LogP contribution in [0.4, 0.5) is 15.6 Å². The van der Waals surface area contributed by atoms with Crippen molar-refractivity contribution < 1.29 is 4.79 Å². The van der Waals surface area contributed by atoms with Crippen molar-refractivity contribution >= 4 is 28.2 Å². The summed E-state index contributed by atoms with van der Waals surface area (Å²) in [6, 6.07) is 7.30. The van der Waals surface area contributed by atoms with Gasteiger partial charge in [-0.1, -0.05) is 36.0 Å². The van der Waals surface area contributed by atoms with Crippen LogP contribution in [0, 0.1) is 6.92 Å². The maximum absolute atomic E-state index is 11.8. The summed E-state index contributed by atoms with van der Waals surface area (Å²) in [4.78, 5) is 11.8. The molecule has 6 heteroatoms. The fourth-order valence-corrected chi connectivity index (χ4v) is 2.35. The van der Waals surface area contributed by atoms with Crippen LogP contribution in [0.25, 0.3) is 0 Å². The van der Waals surface area contributed by atoms with Gasteiger partial charge in [0, 0.05) is 12.1 Å². The van der Waals surface area contributed by atoms with Gasteiger partial charge in [0.1, 0.15) is 5.01 Å². The lowest BCUT2D eigenvalue weighted by Crippen LogP contribution is -2.19. The Bertz CT molecular complexity index is 550. The van der Waals surface area contributed by atoms with Gasteiger partial charge in [-0.3, -0.25) is 5.32 Å². The third-order valence-electron chi connectivity index (χ3n) is 2.46. The molecule has 2 rings (SSSR count). The third-order valence-corrected chi connectivity index (χ3v) is 3.36. The number of nitrogens with zero attached hydrogens (tertiary/aromatic N) is 2. The van der Waals surface area contributed by atoms with E-state index in [0.717, 1.165) is 29.1 Å². The van der Waals surface area contributed by atoms with Crippen LogP contribution in [0.2, 0.25) is 0 Å². The molecule has 1 aromatic carbocycles. The molecule has 0 saturated carbocycles. The average Bonchev–Trinajstić information content (AvgIpc) is 2.80. The Kier molecular flexibility index (Phi) is 4.46. The van der Waals surface area contributed by atoms with Gasteiger partial charge in [-0.15, -0.1) is 10.2 Å². The molecule has 0 radical (unpaired) electrons. The number of carbonyl (C=O) groups excluding carboxylic acids is 1. The summed E-state index contributed by atoms with van der Waals surface area (Å²) in [6.07, 6.45) is 1.91. The van der Waals surface area contributed by atoms with E-state index in [-0.39, 0.29) is 6.03 Å². The highest BCUT2D eigenvalue weighted by Gasteiger charge is 2.07. The van der Waals surface area contributed by atoms with Gasteiger partial charge in [-0.2, -0.15) is 0 Å². The first-order valence-corrected chi connectivity index (χ1v) is 6.96. The number of hydrogen-bond acceptors (Lipinski definition) is 4. The molecule has 0 aliphatic rings. The van der Waals surface area contributed by atoms with Crippen LogP contribution in [-0.4, -0.2) is 16.2 Å².